The number of rotatable bonds is 9. The molecule has 0 radical (unpaired) electrons. The average Bonchev–Trinajstić information content (AvgIpc) is 3.18. The summed E-state index contributed by atoms with van der Waals surface area (Å²) in [5.74, 6) is 1.55. The van der Waals surface area contributed by atoms with E-state index in [2.05, 4.69) is 15.1 Å². The number of allylic oxidation sites excluding steroid dienone is 1. The van der Waals surface area contributed by atoms with Crippen molar-refractivity contribution in [1.82, 2.24) is 19.6 Å². The molecule has 0 saturated carbocycles. The predicted octanol–water partition coefficient (Wildman–Crippen LogP) is 4.11. The number of imidazole rings is 1. The van der Waals surface area contributed by atoms with Crippen LogP contribution in [0.5, 0.6) is 11.5 Å². The summed E-state index contributed by atoms with van der Waals surface area (Å²) < 4.78 is 12.2. The number of fused-ring (bicyclic) bond motifs is 1. The molecule has 2 aromatic heterocycles. The number of hydrogen-bond acceptors (Lipinski definition) is 6. The molecule has 0 fully saturated rings. The maximum Gasteiger partial charge on any atom is 0.277 e. The third kappa shape index (κ3) is 5.16. The van der Waals surface area contributed by atoms with Crippen LogP contribution >= 0.6 is 0 Å². The number of carbonyl (C=O) groups is 1. The van der Waals surface area contributed by atoms with Crippen LogP contribution in [0.1, 0.15) is 47.7 Å². The van der Waals surface area contributed by atoms with E-state index in [0.29, 0.717) is 47.2 Å². The van der Waals surface area contributed by atoms with Crippen molar-refractivity contribution in [2.24, 2.45) is 0 Å². The molecule has 0 aliphatic rings. The van der Waals surface area contributed by atoms with Gasteiger partial charge in [0.05, 0.1) is 25.8 Å². The zero-order chi connectivity index (χ0) is 24.9. The van der Waals surface area contributed by atoms with E-state index in [4.69, 9.17) is 9.47 Å². The predicted molar refractivity (Wildman–Crippen MR) is 134 cm³/mol. The molecule has 2 heterocycles. The molecule has 0 amide bonds. The average molecular weight is 473 g/mol. The van der Waals surface area contributed by atoms with Crippen LogP contribution in [0, 0.1) is 6.92 Å². The van der Waals surface area contributed by atoms with Crippen molar-refractivity contribution < 1.29 is 14.3 Å². The van der Waals surface area contributed by atoms with Gasteiger partial charge in [-0.25, -0.2) is 9.50 Å². The lowest BCUT2D eigenvalue weighted by Gasteiger charge is -2.11. The van der Waals surface area contributed by atoms with Gasteiger partial charge in [-0.15, -0.1) is 0 Å². The number of H-pyrrole nitrogens is 1. The summed E-state index contributed by atoms with van der Waals surface area (Å²) in [6, 6.07) is 15.4. The molecule has 4 aromatic rings. The van der Waals surface area contributed by atoms with Crippen molar-refractivity contribution in [3.8, 4) is 11.5 Å². The number of benzene rings is 2. The first-order valence-corrected chi connectivity index (χ1v) is 11.3. The summed E-state index contributed by atoms with van der Waals surface area (Å²) in [6.07, 6.45) is 4.74. The van der Waals surface area contributed by atoms with E-state index in [-0.39, 0.29) is 11.3 Å². The number of methoxy groups -OCH3 is 2. The van der Waals surface area contributed by atoms with Crippen molar-refractivity contribution in [3.63, 3.8) is 0 Å². The first-order valence-electron chi connectivity index (χ1n) is 11.3. The van der Waals surface area contributed by atoms with Gasteiger partial charge in [-0.2, -0.15) is 5.10 Å². The summed E-state index contributed by atoms with van der Waals surface area (Å²) in [5.41, 5.74) is 2.51. The second-order valence-corrected chi connectivity index (χ2v) is 8.29. The van der Waals surface area contributed by atoms with Gasteiger partial charge in [0.2, 0.25) is 0 Å². The molecule has 0 bridgehead atoms. The second kappa shape index (κ2) is 10.4. The van der Waals surface area contributed by atoms with Gasteiger partial charge in [0.1, 0.15) is 17.4 Å². The number of aryl methyl sites for hydroxylation is 1. The smallest absolute Gasteiger partial charge is 0.277 e. The van der Waals surface area contributed by atoms with Crippen LogP contribution in [0.4, 0.5) is 0 Å². The van der Waals surface area contributed by atoms with E-state index in [1.807, 2.05) is 60.7 Å². The maximum atomic E-state index is 12.9. The highest BCUT2D eigenvalue weighted by atomic mass is 16.5. The highest BCUT2D eigenvalue weighted by Gasteiger charge is 2.24. The Morgan fingerprint density at radius 3 is 2.54 bits per heavy atom. The normalized spacial score (nSPS) is 12.2. The number of Topliss-reactive ketones (excluding diaryl/α,β-unsaturated/α-hetero) is 1. The monoisotopic (exact) mass is 472 g/mol. The molecule has 8 heteroatoms. The van der Waals surface area contributed by atoms with Gasteiger partial charge < -0.3 is 14.5 Å². The van der Waals surface area contributed by atoms with Gasteiger partial charge in [0, 0.05) is 6.42 Å². The molecule has 35 heavy (non-hydrogen) atoms. The van der Waals surface area contributed by atoms with E-state index >= 15 is 0 Å². The van der Waals surface area contributed by atoms with Crippen LogP contribution < -0.4 is 15.0 Å². The highest BCUT2D eigenvalue weighted by molar-refractivity contribution is 5.83. The number of nitrogens with one attached hydrogen (secondary N) is 1. The Kier molecular flexibility index (Phi) is 7.10. The summed E-state index contributed by atoms with van der Waals surface area (Å²) in [4.78, 5) is 33.0. The largest absolute Gasteiger partial charge is 0.493 e. The minimum atomic E-state index is -0.528. The van der Waals surface area contributed by atoms with Gasteiger partial charge in [0.25, 0.3) is 5.56 Å². The second-order valence-electron chi connectivity index (χ2n) is 8.29. The Labute approximate surface area is 203 Å². The molecule has 0 aliphatic heterocycles. The fourth-order valence-electron chi connectivity index (χ4n) is 4.08. The number of hydrogen-bond donors (Lipinski definition) is 1. The summed E-state index contributed by atoms with van der Waals surface area (Å²) in [7, 11) is 3.15. The zero-order valence-electron chi connectivity index (χ0n) is 20.2. The first kappa shape index (κ1) is 23.9. The van der Waals surface area contributed by atoms with E-state index < -0.39 is 5.92 Å². The molecular formula is C27H28N4O4. The van der Waals surface area contributed by atoms with E-state index in [0.717, 1.165) is 11.1 Å². The third-order valence-corrected chi connectivity index (χ3v) is 5.85. The summed E-state index contributed by atoms with van der Waals surface area (Å²) in [6.45, 7) is 3.29. The van der Waals surface area contributed by atoms with Crippen LogP contribution in [0.15, 0.2) is 59.4 Å². The maximum absolute atomic E-state index is 12.9. The van der Waals surface area contributed by atoms with Crippen LogP contribution in [0.25, 0.3) is 11.6 Å². The molecule has 2 aromatic carbocycles. The van der Waals surface area contributed by atoms with Crippen LogP contribution in [-0.4, -0.2) is 39.6 Å². The zero-order valence-corrected chi connectivity index (χ0v) is 20.2. The van der Waals surface area contributed by atoms with Gasteiger partial charge in [-0.3, -0.25) is 9.59 Å². The number of aromatic nitrogens is 4. The first-order chi connectivity index (χ1) is 16.9. The molecule has 0 saturated heterocycles. The summed E-state index contributed by atoms with van der Waals surface area (Å²) in [5, 5.41) is 4.67. The number of ether oxygens (including phenoxy) is 2. The molecule has 4 rings (SSSR count). The Hall–Kier alpha value is -4.20. The van der Waals surface area contributed by atoms with Gasteiger partial charge >= 0.3 is 0 Å². The molecule has 1 unspecified atom stereocenters. The molecule has 8 nitrogen and oxygen atoms in total. The van der Waals surface area contributed by atoms with Crippen molar-refractivity contribution in [3.05, 3.63) is 93.4 Å². The minimum absolute atomic E-state index is 0.0434. The SMILES string of the molecule is COc1ccc(Cc2nn3c(C(C/C=C/c4ccccc4)C(C)=O)nc(C)c3c(=O)[nH]2)cc1OC. The highest BCUT2D eigenvalue weighted by Crippen LogP contribution is 2.28. The van der Waals surface area contributed by atoms with Crippen molar-refractivity contribution in [2.75, 3.05) is 14.2 Å². The number of carbonyl (C=O) groups excluding carboxylic acids is 1. The molecule has 0 spiro atoms. The third-order valence-electron chi connectivity index (χ3n) is 5.85. The van der Waals surface area contributed by atoms with E-state index in [1.165, 1.54) is 11.4 Å². The Morgan fingerprint density at radius 2 is 1.86 bits per heavy atom. The van der Waals surface area contributed by atoms with Crippen LogP contribution in [0.2, 0.25) is 0 Å². The van der Waals surface area contributed by atoms with E-state index in [1.54, 1.807) is 21.1 Å². The fourth-order valence-corrected chi connectivity index (χ4v) is 4.08. The fraction of sp³-hybridized carbons (Fsp3) is 0.259. The lowest BCUT2D eigenvalue weighted by Crippen LogP contribution is -2.20. The topological polar surface area (TPSA) is 98.6 Å². The molecule has 180 valence electrons. The Bertz CT molecular complexity index is 1440. The number of nitrogens with zero attached hydrogens (tertiary/aromatic N) is 3. The minimum Gasteiger partial charge on any atom is -0.493 e. The Balaban J connectivity index is 1.70. The molecular weight excluding hydrogens is 444 g/mol. The van der Waals surface area contributed by atoms with Crippen molar-refractivity contribution in [1.29, 1.82) is 0 Å². The lowest BCUT2D eigenvalue weighted by atomic mass is 9.99. The molecule has 0 aliphatic carbocycles. The lowest BCUT2D eigenvalue weighted by molar-refractivity contribution is -0.118. The van der Waals surface area contributed by atoms with E-state index in [9.17, 15) is 9.59 Å². The van der Waals surface area contributed by atoms with Gasteiger partial charge in [-0.05, 0) is 43.5 Å². The molecule has 1 N–H and O–H groups in total. The molecule has 1 atom stereocenters. The van der Waals surface area contributed by atoms with Crippen molar-refractivity contribution in [2.45, 2.75) is 32.6 Å². The quantitative estimate of drug-likeness (QED) is 0.394. The number of ketones is 1. The number of aromatic amines is 1. The van der Waals surface area contributed by atoms with Gasteiger partial charge in [0.15, 0.2) is 17.0 Å². The Morgan fingerprint density at radius 1 is 1.11 bits per heavy atom. The standard InChI is InChI=1S/C27H28N4O4/c1-17-25-27(33)29-24(16-20-13-14-22(34-3)23(15-20)35-4)30-31(25)26(28-17)21(18(2)32)12-8-11-19-9-6-5-7-10-19/h5-11,13-15,21H,12,16H2,1-4H3,(H,29,30,33)/b11-8+. The van der Waals surface area contributed by atoms with Crippen LogP contribution in [0.3, 0.4) is 0 Å². The van der Waals surface area contributed by atoms with Crippen LogP contribution in [-0.2, 0) is 11.2 Å². The van der Waals surface area contributed by atoms with Crippen molar-refractivity contribution >= 4 is 17.4 Å². The van der Waals surface area contributed by atoms with Gasteiger partial charge in [-0.1, -0.05) is 48.6 Å². The summed E-state index contributed by atoms with van der Waals surface area (Å²) >= 11 is 0.